The SMILES string of the molecule is COCC(=O)Nc1cc(O[C@@H]2CC[C@H](NC(=O)Nc3cc(C(C)(C)C)nn3-c3ccc(C)cc3)c3ccccc32)ccn1. The van der Waals surface area contributed by atoms with Crippen LogP contribution in [0.1, 0.15) is 68.1 Å². The maximum atomic E-state index is 13.4. The van der Waals surface area contributed by atoms with Crippen LogP contribution in [-0.2, 0) is 14.9 Å². The monoisotopic (exact) mass is 582 g/mol. The number of fused-ring (bicyclic) bond motifs is 1. The van der Waals surface area contributed by atoms with Crippen molar-refractivity contribution in [3.63, 3.8) is 0 Å². The number of methoxy groups -OCH3 is 1. The van der Waals surface area contributed by atoms with E-state index in [1.54, 1.807) is 23.0 Å². The van der Waals surface area contributed by atoms with Crippen molar-refractivity contribution in [1.29, 1.82) is 0 Å². The van der Waals surface area contributed by atoms with E-state index in [1.165, 1.54) is 7.11 Å². The number of amides is 3. The smallest absolute Gasteiger partial charge is 0.320 e. The van der Waals surface area contributed by atoms with Gasteiger partial charge in [0.25, 0.3) is 5.91 Å². The molecule has 2 atom stereocenters. The number of anilines is 2. The van der Waals surface area contributed by atoms with Gasteiger partial charge in [-0.2, -0.15) is 5.10 Å². The number of aryl methyl sites for hydroxylation is 1. The molecule has 224 valence electrons. The molecular formula is C33H38N6O4. The number of pyridine rings is 1. The van der Waals surface area contributed by atoms with E-state index in [0.717, 1.165) is 28.1 Å². The molecule has 2 aromatic heterocycles. The lowest BCUT2D eigenvalue weighted by Gasteiger charge is -2.32. The Hall–Kier alpha value is -4.70. The van der Waals surface area contributed by atoms with Crippen molar-refractivity contribution in [2.24, 2.45) is 0 Å². The van der Waals surface area contributed by atoms with Gasteiger partial charge in [-0.1, -0.05) is 62.7 Å². The topological polar surface area (TPSA) is 119 Å². The van der Waals surface area contributed by atoms with Crippen LogP contribution in [0.2, 0.25) is 0 Å². The van der Waals surface area contributed by atoms with Gasteiger partial charge in [0, 0.05) is 30.9 Å². The van der Waals surface area contributed by atoms with Gasteiger partial charge in [-0.3, -0.25) is 10.1 Å². The number of rotatable bonds is 8. The number of carbonyl (C=O) groups excluding carboxylic acids is 2. The third-order valence-corrected chi connectivity index (χ3v) is 7.29. The Labute approximate surface area is 251 Å². The Balaban J connectivity index is 1.31. The fraction of sp³-hybridized carbons (Fsp3) is 0.333. The summed E-state index contributed by atoms with van der Waals surface area (Å²) in [5.41, 5.74) is 4.71. The first-order valence-corrected chi connectivity index (χ1v) is 14.4. The van der Waals surface area contributed by atoms with E-state index in [-0.39, 0.29) is 36.1 Å². The van der Waals surface area contributed by atoms with E-state index in [4.69, 9.17) is 14.6 Å². The third kappa shape index (κ3) is 7.21. The normalized spacial score (nSPS) is 16.2. The fourth-order valence-corrected chi connectivity index (χ4v) is 5.08. The average Bonchev–Trinajstić information content (AvgIpc) is 3.39. The first kappa shape index (κ1) is 29.8. The lowest BCUT2D eigenvalue weighted by atomic mass is 9.85. The van der Waals surface area contributed by atoms with Gasteiger partial charge in [0.05, 0.1) is 17.4 Å². The molecule has 3 N–H and O–H groups in total. The van der Waals surface area contributed by atoms with Crippen molar-refractivity contribution in [1.82, 2.24) is 20.1 Å². The highest BCUT2D eigenvalue weighted by Gasteiger charge is 2.30. The Morgan fingerprint density at radius 3 is 2.44 bits per heavy atom. The number of nitrogens with one attached hydrogen (secondary N) is 3. The third-order valence-electron chi connectivity index (χ3n) is 7.29. The Bertz CT molecular complexity index is 1590. The van der Waals surface area contributed by atoms with Crippen molar-refractivity contribution in [3.05, 3.63) is 95.3 Å². The van der Waals surface area contributed by atoms with Crippen LogP contribution in [0.25, 0.3) is 5.69 Å². The maximum absolute atomic E-state index is 13.4. The highest BCUT2D eigenvalue weighted by molar-refractivity contribution is 5.91. The quantitative estimate of drug-likeness (QED) is 0.226. The average molecular weight is 583 g/mol. The molecule has 0 bridgehead atoms. The van der Waals surface area contributed by atoms with Gasteiger partial charge in [0.1, 0.15) is 30.1 Å². The highest BCUT2D eigenvalue weighted by atomic mass is 16.5. The molecule has 1 aliphatic carbocycles. The van der Waals surface area contributed by atoms with E-state index in [1.807, 2.05) is 61.5 Å². The van der Waals surface area contributed by atoms with Crippen molar-refractivity contribution < 1.29 is 19.1 Å². The number of hydrogen-bond acceptors (Lipinski definition) is 6. The molecule has 10 nitrogen and oxygen atoms in total. The standard InChI is InChI=1S/C33H38N6O4/c1-21-10-12-22(13-11-21)39-30(19-28(38-39)33(2,3)4)37-32(41)35-26-14-15-27(25-9-7-6-8-24(25)26)43-23-16-17-34-29(18-23)36-31(40)20-42-5/h6-13,16-19,26-27H,14-15,20H2,1-5H3,(H,34,36,40)(H2,35,37,41)/t26-,27+/m0/s1. The molecule has 5 rings (SSSR count). The molecule has 0 saturated carbocycles. The lowest BCUT2D eigenvalue weighted by Crippen LogP contribution is -2.36. The number of nitrogens with zero attached hydrogens (tertiary/aromatic N) is 3. The molecule has 0 fully saturated rings. The summed E-state index contributed by atoms with van der Waals surface area (Å²) >= 11 is 0. The van der Waals surface area contributed by atoms with Gasteiger partial charge < -0.3 is 20.1 Å². The van der Waals surface area contributed by atoms with Crippen LogP contribution in [-0.4, -0.2) is 40.4 Å². The van der Waals surface area contributed by atoms with Crippen LogP contribution in [0.4, 0.5) is 16.4 Å². The number of urea groups is 1. The first-order valence-electron chi connectivity index (χ1n) is 14.4. The fourth-order valence-electron chi connectivity index (χ4n) is 5.08. The minimum atomic E-state index is -0.307. The molecule has 0 aliphatic heterocycles. The molecule has 0 spiro atoms. The zero-order chi connectivity index (χ0) is 30.6. The van der Waals surface area contributed by atoms with Gasteiger partial charge in [0.2, 0.25) is 0 Å². The largest absolute Gasteiger partial charge is 0.486 e. The predicted molar refractivity (Wildman–Crippen MR) is 166 cm³/mol. The first-order chi connectivity index (χ1) is 20.6. The summed E-state index contributed by atoms with van der Waals surface area (Å²) < 4.78 is 13.0. The lowest BCUT2D eigenvalue weighted by molar-refractivity contribution is -0.119. The van der Waals surface area contributed by atoms with E-state index < -0.39 is 0 Å². The van der Waals surface area contributed by atoms with Crippen molar-refractivity contribution in [2.75, 3.05) is 24.4 Å². The van der Waals surface area contributed by atoms with Gasteiger partial charge >= 0.3 is 6.03 Å². The Kier molecular flexibility index (Phi) is 8.77. The zero-order valence-corrected chi connectivity index (χ0v) is 25.2. The molecular weight excluding hydrogens is 544 g/mol. The van der Waals surface area contributed by atoms with Crippen LogP contribution in [0.5, 0.6) is 5.75 Å². The summed E-state index contributed by atoms with van der Waals surface area (Å²) in [7, 11) is 1.46. The van der Waals surface area contributed by atoms with Crippen LogP contribution in [0.15, 0.2) is 72.9 Å². The number of hydrogen-bond donors (Lipinski definition) is 3. The number of aromatic nitrogens is 3. The predicted octanol–water partition coefficient (Wildman–Crippen LogP) is 6.23. The van der Waals surface area contributed by atoms with Gasteiger partial charge in [0.15, 0.2) is 0 Å². The minimum Gasteiger partial charge on any atom is -0.486 e. The number of benzene rings is 2. The summed E-state index contributed by atoms with van der Waals surface area (Å²) in [5.74, 6) is 1.28. The Morgan fingerprint density at radius 2 is 1.72 bits per heavy atom. The zero-order valence-electron chi connectivity index (χ0n) is 25.2. The molecule has 2 heterocycles. The second-order valence-corrected chi connectivity index (χ2v) is 11.7. The molecule has 3 amide bonds. The van der Waals surface area contributed by atoms with Crippen LogP contribution in [0, 0.1) is 6.92 Å². The van der Waals surface area contributed by atoms with E-state index >= 15 is 0 Å². The maximum Gasteiger partial charge on any atom is 0.320 e. The van der Waals surface area contributed by atoms with Gasteiger partial charge in [-0.15, -0.1) is 0 Å². The molecule has 2 aromatic carbocycles. The molecule has 0 unspecified atom stereocenters. The van der Waals surface area contributed by atoms with Crippen LogP contribution >= 0.6 is 0 Å². The van der Waals surface area contributed by atoms with Gasteiger partial charge in [-0.05, 0) is 49.1 Å². The molecule has 0 radical (unpaired) electrons. The van der Waals surface area contributed by atoms with Gasteiger partial charge in [-0.25, -0.2) is 14.5 Å². The summed E-state index contributed by atoms with van der Waals surface area (Å²) in [6.45, 7) is 8.27. The van der Waals surface area contributed by atoms with Crippen molar-refractivity contribution in [3.8, 4) is 11.4 Å². The number of carbonyl (C=O) groups is 2. The van der Waals surface area contributed by atoms with E-state index in [0.29, 0.717) is 30.2 Å². The second kappa shape index (κ2) is 12.7. The van der Waals surface area contributed by atoms with E-state index in [9.17, 15) is 9.59 Å². The van der Waals surface area contributed by atoms with Crippen molar-refractivity contribution in [2.45, 2.75) is 58.1 Å². The highest BCUT2D eigenvalue weighted by Crippen LogP contribution is 2.39. The molecule has 43 heavy (non-hydrogen) atoms. The second-order valence-electron chi connectivity index (χ2n) is 11.7. The molecule has 10 heteroatoms. The summed E-state index contributed by atoms with van der Waals surface area (Å²) in [5, 5.41) is 13.7. The molecule has 4 aromatic rings. The molecule has 1 aliphatic rings. The summed E-state index contributed by atoms with van der Waals surface area (Å²) in [6, 6.07) is 20.9. The van der Waals surface area contributed by atoms with Crippen LogP contribution in [0.3, 0.4) is 0 Å². The summed E-state index contributed by atoms with van der Waals surface area (Å²) in [4.78, 5) is 29.5. The van der Waals surface area contributed by atoms with Crippen molar-refractivity contribution >= 4 is 23.6 Å². The summed E-state index contributed by atoms with van der Waals surface area (Å²) in [6.07, 6.45) is 2.74. The number of ether oxygens (including phenoxy) is 2. The van der Waals surface area contributed by atoms with Crippen LogP contribution < -0.4 is 20.7 Å². The van der Waals surface area contributed by atoms with E-state index in [2.05, 4.69) is 41.7 Å². The Morgan fingerprint density at radius 1 is 0.977 bits per heavy atom. The minimum absolute atomic E-state index is 0.0588. The molecule has 0 saturated heterocycles.